The Morgan fingerprint density at radius 3 is 2.18 bits per heavy atom. The van der Waals surface area contributed by atoms with Gasteiger partial charge in [-0.3, -0.25) is 14.5 Å². The number of likely N-dealkylation sites (tertiary alicyclic amines) is 1. The Kier molecular flexibility index (Phi) is 8.38. The van der Waals surface area contributed by atoms with E-state index in [2.05, 4.69) is 10.2 Å². The van der Waals surface area contributed by atoms with Crippen molar-refractivity contribution in [3.05, 3.63) is 17.7 Å². The Morgan fingerprint density at radius 2 is 1.68 bits per heavy atom. The Morgan fingerprint density at radius 1 is 1.07 bits per heavy atom. The molecule has 8 nitrogen and oxygen atoms in total. The van der Waals surface area contributed by atoms with Gasteiger partial charge in [0.05, 0.1) is 40.4 Å². The predicted octanol–water partition coefficient (Wildman–Crippen LogP) is 1.60. The van der Waals surface area contributed by atoms with Crippen LogP contribution in [0.3, 0.4) is 0 Å². The third-order valence-corrected chi connectivity index (χ3v) is 4.79. The van der Waals surface area contributed by atoms with Crippen molar-refractivity contribution in [1.29, 1.82) is 0 Å². The zero-order valence-electron chi connectivity index (χ0n) is 17.1. The summed E-state index contributed by atoms with van der Waals surface area (Å²) in [6.07, 6.45) is 1.44. The van der Waals surface area contributed by atoms with Gasteiger partial charge in [0.15, 0.2) is 11.5 Å². The molecule has 0 spiro atoms. The van der Waals surface area contributed by atoms with Crippen LogP contribution in [0.25, 0.3) is 0 Å². The van der Waals surface area contributed by atoms with Crippen LogP contribution in [0.15, 0.2) is 12.1 Å². The summed E-state index contributed by atoms with van der Waals surface area (Å²) in [6, 6.07) is 3.62. The number of methoxy groups -OCH3 is 3. The lowest BCUT2D eigenvalue weighted by molar-refractivity contribution is -0.149. The summed E-state index contributed by atoms with van der Waals surface area (Å²) >= 11 is 0. The van der Waals surface area contributed by atoms with Crippen LogP contribution in [-0.2, 0) is 20.9 Å². The van der Waals surface area contributed by atoms with Crippen LogP contribution in [-0.4, -0.2) is 64.3 Å². The number of carbonyl (C=O) groups is 2. The van der Waals surface area contributed by atoms with Gasteiger partial charge in [0.2, 0.25) is 11.7 Å². The molecule has 1 aliphatic rings. The number of nitrogens with one attached hydrogen (secondary N) is 1. The van der Waals surface area contributed by atoms with Crippen molar-refractivity contribution in [3.63, 3.8) is 0 Å². The molecule has 8 heteroatoms. The molecule has 0 saturated carbocycles. The van der Waals surface area contributed by atoms with Gasteiger partial charge in [0, 0.05) is 6.54 Å². The summed E-state index contributed by atoms with van der Waals surface area (Å²) in [5.74, 6) is 1.36. The minimum absolute atomic E-state index is 0.0570. The normalized spacial score (nSPS) is 15.0. The van der Waals surface area contributed by atoms with E-state index in [1.54, 1.807) is 21.3 Å². The summed E-state index contributed by atoms with van der Waals surface area (Å²) in [5, 5.41) is 2.92. The van der Waals surface area contributed by atoms with Crippen LogP contribution in [0.5, 0.6) is 17.2 Å². The van der Waals surface area contributed by atoms with Crippen molar-refractivity contribution in [1.82, 2.24) is 10.2 Å². The van der Waals surface area contributed by atoms with Gasteiger partial charge < -0.3 is 24.3 Å². The highest BCUT2D eigenvalue weighted by atomic mass is 16.5. The zero-order valence-corrected chi connectivity index (χ0v) is 17.1. The number of benzene rings is 1. The molecule has 0 unspecified atom stereocenters. The molecule has 1 heterocycles. The average molecular weight is 394 g/mol. The van der Waals surface area contributed by atoms with Gasteiger partial charge in [0.25, 0.3) is 0 Å². The molecule has 1 saturated heterocycles. The van der Waals surface area contributed by atoms with Crippen LogP contribution < -0.4 is 19.5 Å². The number of hydrogen-bond donors (Lipinski definition) is 1. The lowest BCUT2D eigenvalue weighted by Crippen LogP contribution is -2.42. The summed E-state index contributed by atoms with van der Waals surface area (Å²) in [5.41, 5.74) is 0.851. The molecule has 0 aliphatic carbocycles. The number of carbonyl (C=O) groups excluding carboxylic acids is 2. The molecule has 1 aromatic rings. The largest absolute Gasteiger partial charge is 0.493 e. The molecule has 28 heavy (non-hydrogen) atoms. The molecule has 1 fully saturated rings. The average Bonchev–Trinajstić information content (AvgIpc) is 2.72. The number of rotatable bonds is 9. The van der Waals surface area contributed by atoms with Crippen molar-refractivity contribution in [2.45, 2.75) is 26.3 Å². The highest BCUT2D eigenvalue weighted by Crippen LogP contribution is 2.38. The predicted molar refractivity (Wildman–Crippen MR) is 104 cm³/mol. The van der Waals surface area contributed by atoms with Crippen molar-refractivity contribution >= 4 is 11.9 Å². The Labute approximate surface area is 166 Å². The third kappa shape index (κ3) is 5.76. The third-order valence-electron chi connectivity index (χ3n) is 4.79. The Hall–Kier alpha value is -2.48. The van der Waals surface area contributed by atoms with Crippen LogP contribution >= 0.6 is 0 Å². The molecule has 1 amide bonds. The standard InChI is InChI=1S/C20H30N2O6/c1-5-28-20(24)15-6-8-22(9-7-15)13-18(23)21-12-14-10-16(25-2)19(27-4)17(11-14)26-3/h10-11,15H,5-9,12-13H2,1-4H3,(H,21,23). The maximum atomic E-state index is 12.3. The van der Waals surface area contributed by atoms with E-state index < -0.39 is 0 Å². The van der Waals surface area contributed by atoms with E-state index in [1.165, 1.54) is 0 Å². The maximum absolute atomic E-state index is 12.3. The first kappa shape index (κ1) is 21.8. The van der Waals surface area contributed by atoms with E-state index in [9.17, 15) is 9.59 Å². The molecular formula is C20H30N2O6. The van der Waals surface area contributed by atoms with E-state index in [0.29, 0.717) is 50.0 Å². The minimum atomic E-state index is -0.131. The van der Waals surface area contributed by atoms with E-state index in [0.717, 1.165) is 18.4 Å². The van der Waals surface area contributed by atoms with Gasteiger partial charge in [-0.15, -0.1) is 0 Å². The Balaban J connectivity index is 1.84. The van der Waals surface area contributed by atoms with E-state index >= 15 is 0 Å². The van der Waals surface area contributed by atoms with Crippen molar-refractivity contribution in [2.75, 3.05) is 47.6 Å². The first-order valence-electron chi connectivity index (χ1n) is 9.46. The molecule has 156 valence electrons. The summed E-state index contributed by atoms with van der Waals surface area (Å²) in [6.45, 7) is 4.30. The Bertz CT molecular complexity index is 646. The van der Waals surface area contributed by atoms with Crippen LogP contribution in [0.2, 0.25) is 0 Å². The second kappa shape index (κ2) is 10.8. The quantitative estimate of drug-likeness (QED) is 0.637. The van der Waals surface area contributed by atoms with Gasteiger partial charge in [-0.2, -0.15) is 0 Å². The maximum Gasteiger partial charge on any atom is 0.309 e. The molecule has 2 rings (SSSR count). The van der Waals surface area contributed by atoms with Crippen molar-refractivity contribution in [3.8, 4) is 17.2 Å². The summed E-state index contributed by atoms with van der Waals surface area (Å²) in [7, 11) is 4.66. The van der Waals surface area contributed by atoms with Gasteiger partial charge in [-0.25, -0.2) is 0 Å². The molecule has 1 aromatic carbocycles. The highest BCUT2D eigenvalue weighted by molar-refractivity contribution is 5.78. The van der Waals surface area contributed by atoms with Crippen molar-refractivity contribution in [2.24, 2.45) is 5.92 Å². The van der Waals surface area contributed by atoms with Gasteiger partial charge in [-0.1, -0.05) is 0 Å². The van der Waals surface area contributed by atoms with Crippen LogP contribution in [0.4, 0.5) is 0 Å². The fourth-order valence-corrected chi connectivity index (χ4v) is 3.28. The molecule has 0 radical (unpaired) electrons. The van der Waals surface area contributed by atoms with Gasteiger partial charge in [0.1, 0.15) is 0 Å². The second-order valence-electron chi connectivity index (χ2n) is 6.61. The lowest BCUT2D eigenvalue weighted by atomic mass is 9.97. The number of piperidine rings is 1. The van der Waals surface area contributed by atoms with Crippen LogP contribution in [0, 0.1) is 5.92 Å². The van der Waals surface area contributed by atoms with E-state index in [4.69, 9.17) is 18.9 Å². The summed E-state index contributed by atoms with van der Waals surface area (Å²) in [4.78, 5) is 26.1. The SMILES string of the molecule is CCOC(=O)C1CCN(CC(=O)NCc2cc(OC)c(OC)c(OC)c2)CC1. The number of hydrogen-bond acceptors (Lipinski definition) is 7. The fourth-order valence-electron chi connectivity index (χ4n) is 3.28. The van der Waals surface area contributed by atoms with E-state index in [1.807, 2.05) is 19.1 Å². The molecule has 1 N–H and O–H groups in total. The molecule has 0 bridgehead atoms. The molecule has 0 atom stereocenters. The number of esters is 1. The van der Waals surface area contributed by atoms with Crippen molar-refractivity contribution < 1.29 is 28.5 Å². The van der Waals surface area contributed by atoms with E-state index in [-0.39, 0.29) is 17.8 Å². The summed E-state index contributed by atoms with van der Waals surface area (Å²) < 4.78 is 21.0. The first-order chi connectivity index (χ1) is 13.5. The topological polar surface area (TPSA) is 86.3 Å². The molecule has 1 aliphatic heterocycles. The smallest absolute Gasteiger partial charge is 0.309 e. The minimum Gasteiger partial charge on any atom is -0.493 e. The second-order valence-corrected chi connectivity index (χ2v) is 6.61. The lowest BCUT2D eigenvalue weighted by Gasteiger charge is -2.30. The number of ether oxygens (including phenoxy) is 4. The molecule has 0 aromatic heterocycles. The zero-order chi connectivity index (χ0) is 20.5. The van der Waals surface area contributed by atoms with Crippen LogP contribution in [0.1, 0.15) is 25.3 Å². The van der Waals surface area contributed by atoms with Gasteiger partial charge >= 0.3 is 5.97 Å². The van der Waals surface area contributed by atoms with Gasteiger partial charge in [-0.05, 0) is 50.6 Å². The monoisotopic (exact) mass is 394 g/mol. The fraction of sp³-hybridized carbons (Fsp3) is 0.600. The number of amides is 1. The highest BCUT2D eigenvalue weighted by Gasteiger charge is 2.26. The number of nitrogens with zero attached hydrogens (tertiary/aromatic N) is 1. The molecular weight excluding hydrogens is 364 g/mol. The first-order valence-corrected chi connectivity index (χ1v) is 9.46.